The molecule has 0 N–H and O–H groups in total. The van der Waals surface area contributed by atoms with E-state index in [1.54, 1.807) is 12.1 Å². The molecule has 0 radical (unpaired) electrons. The van der Waals surface area contributed by atoms with E-state index in [0.29, 0.717) is 18.1 Å². The van der Waals surface area contributed by atoms with Crippen LogP contribution in [0.5, 0.6) is 0 Å². The van der Waals surface area contributed by atoms with E-state index in [0.717, 1.165) is 12.8 Å². The third-order valence-corrected chi connectivity index (χ3v) is 2.37. The molecule has 0 saturated heterocycles. The Labute approximate surface area is 89.2 Å². The third kappa shape index (κ3) is 3.18. The fourth-order valence-electron chi connectivity index (χ4n) is 1.48. The van der Waals surface area contributed by atoms with Gasteiger partial charge in [0.25, 0.3) is 0 Å². The number of rotatable bonds is 5. The fraction of sp³-hybridized carbons (Fsp3) is 0.545. The summed E-state index contributed by atoms with van der Waals surface area (Å²) in [6.45, 7) is 4.19. The van der Waals surface area contributed by atoms with Crippen molar-refractivity contribution in [3.63, 3.8) is 0 Å². The molecule has 0 aliphatic carbocycles. The maximum atomic E-state index is 11.6. The van der Waals surface area contributed by atoms with Crippen molar-refractivity contribution in [3.05, 3.63) is 23.1 Å². The van der Waals surface area contributed by atoms with Crippen LogP contribution in [0.15, 0.2) is 16.5 Å². The summed E-state index contributed by atoms with van der Waals surface area (Å²) in [5, 5.41) is 0.275. The van der Waals surface area contributed by atoms with Gasteiger partial charge in [-0.05, 0) is 29.7 Å². The highest BCUT2D eigenvalue weighted by Gasteiger charge is 2.13. The van der Waals surface area contributed by atoms with Crippen LogP contribution in [0.2, 0.25) is 5.22 Å². The van der Waals surface area contributed by atoms with Gasteiger partial charge >= 0.3 is 0 Å². The normalized spacial score (nSPS) is 12.8. The summed E-state index contributed by atoms with van der Waals surface area (Å²) in [4.78, 5) is 11.6. The summed E-state index contributed by atoms with van der Waals surface area (Å²) >= 11 is 5.58. The highest BCUT2D eigenvalue weighted by Crippen LogP contribution is 2.18. The highest BCUT2D eigenvalue weighted by atomic mass is 35.5. The fourth-order valence-corrected chi connectivity index (χ4v) is 1.62. The Kier molecular flexibility index (Phi) is 4.21. The summed E-state index contributed by atoms with van der Waals surface area (Å²) in [5.74, 6) is 0.826. The van der Waals surface area contributed by atoms with Crippen LogP contribution < -0.4 is 0 Å². The van der Waals surface area contributed by atoms with Crippen LogP contribution in [-0.2, 0) is 0 Å². The second-order valence-electron chi connectivity index (χ2n) is 3.62. The molecule has 0 spiro atoms. The van der Waals surface area contributed by atoms with Gasteiger partial charge < -0.3 is 4.42 Å². The number of Topliss-reactive ketones (excluding diaryl/α,β-unsaturated/α-hetero) is 1. The van der Waals surface area contributed by atoms with Crippen molar-refractivity contribution >= 4 is 17.4 Å². The molecule has 1 rings (SSSR count). The van der Waals surface area contributed by atoms with Gasteiger partial charge in [0.1, 0.15) is 0 Å². The predicted molar refractivity (Wildman–Crippen MR) is 56.7 cm³/mol. The third-order valence-electron chi connectivity index (χ3n) is 2.16. The van der Waals surface area contributed by atoms with E-state index < -0.39 is 0 Å². The molecule has 1 heterocycles. The molecule has 3 heteroatoms. The van der Waals surface area contributed by atoms with Crippen LogP contribution in [0.1, 0.15) is 43.7 Å². The molecule has 2 nitrogen and oxygen atoms in total. The second-order valence-corrected chi connectivity index (χ2v) is 4.00. The van der Waals surface area contributed by atoms with Crippen molar-refractivity contribution in [3.8, 4) is 0 Å². The molecule has 14 heavy (non-hydrogen) atoms. The molecule has 1 atom stereocenters. The first-order chi connectivity index (χ1) is 6.63. The van der Waals surface area contributed by atoms with E-state index in [4.69, 9.17) is 16.0 Å². The Hall–Kier alpha value is -0.760. The minimum atomic E-state index is 0.0397. The lowest BCUT2D eigenvalue weighted by molar-refractivity contribution is 0.0935. The summed E-state index contributed by atoms with van der Waals surface area (Å²) in [6, 6.07) is 3.22. The monoisotopic (exact) mass is 214 g/mol. The van der Waals surface area contributed by atoms with Crippen molar-refractivity contribution in [2.24, 2.45) is 5.92 Å². The van der Waals surface area contributed by atoms with Gasteiger partial charge in [0.2, 0.25) is 0 Å². The van der Waals surface area contributed by atoms with Crippen molar-refractivity contribution in [2.45, 2.75) is 33.1 Å². The van der Waals surface area contributed by atoms with Gasteiger partial charge in [0, 0.05) is 6.42 Å². The zero-order valence-corrected chi connectivity index (χ0v) is 9.30. The van der Waals surface area contributed by atoms with Crippen LogP contribution in [0.4, 0.5) is 0 Å². The summed E-state index contributed by atoms with van der Waals surface area (Å²) in [6.07, 6.45) is 2.71. The standard InChI is InChI=1S/C11H15ClO2/c1-3-4-8(2)7-9(13)10-5-6-11(12)14-10/h5-6,8H,3-4,7H2,1-2H3. The highest BCUT2D eigenvalue weighted by molar-refractivity contribution is 6.29. The number of hydrogen-bond acceptors (Lipinski definition) is 2. The molecule has 0 aliphatic rings. The predicted octanol–water partition coefficient (Wildman–Crippen LogP) is 3.94. The van der Waals surface area contributed by atoms with E-state index in [9.17, 15) is 4.79 Å². The first-order valence-corrected chi connectivity index (χ1v) is 5.29. The quantitative estimate of drug-likeness (QED) is 0.695. The van der Waals surface area contributed by atoms with Crippen LogP contribution in [0.3, 0.4) is 0 Å². The average molecular weight is 215 g/mol. The van der Waals surface area contributed by atoms with E-state index in [-0.39, 0.29) is 11.0 Å². The molecule has 1 unspecified atom stereocenters. The van der Waals surface area contributed by atoms with Gasteiger partial charge in [-0.1, -0.05) is 26.7 Å². The van der Waals surface area contributed by atoms with Gasteiger partial charge in [0.15, 0.2) is 16.8 Å². The second kappa shape index (κ2) is 5.20. The molecule has 0 fully saturated rings. The average Bonchev–Trinajstić information content (AvgIpc) is 2.52. The summed E-state index contributed by atoms with van der Waals surface area (Å²) in [5.41, 5.74) is 0. The molecule has 0 saturated carbocycles. The lowest BCUT2D eigenvalue weighted by Gasteiger charge is -2.06. The number of carbonyl (C=O) groups is 1. The first kappa shape index (κ1) is 11.3. The minimum Gasteiger partial charge on any atom is -0.442 e. The number of furan rings is 1. The zero-order chi connectivity index (χ0) is 10.6. The van der Waals surface area contributed by atoms with Crippen LogP contribution in [0, 0.1) is 5.92 Å². The molecule has 78 valence electrons. The summed E-state index contributed by atoms with van der Waals surface area (Å²) in [7, 11) is 0. The Bertz CT molecular complexity index is 304. The molecular weight excluding hydrogens is 200 g/mol. The Balaban J connectivity index is 2.50. The van der Waals surface area contributed by atoms with Crippen LogP contribution in [-0.4, -0.2) is 5.78 Å². The van der Waals surface area contributed by atoms with E-state index in [2.05, 4.69) is 13.8 Å². The van der Waals surface area contributed by atoms with Gasteiger partial charge in [0.05, 0.1) is 0 Å². The van der Waals surface area contributed by atoms with Crippen molar-refractivity contribution in [1.29, 1.82) is 0 Å². The topological polar surface area (TPSA) is 30.2 Å². The molecule has 0 bridgehead atoms. The number of halogens is 1. The van der Waals surface area contributed by atoms with Crippen LogP contribution in [0.25, 0.3) is 0 Å². The van der Waals surface area contributed by atoms with E-state index in [1.807, 2.05) is 0 Å². The maximum absolute atomic E-state index is 11.6. The van der Waals surface area contributed by atoms with E-state index >= 15 is 0 Å². The van der Waals surface area contributed by atoms with Crippen molar-refractivity contribution in [2.75, 3.05) is 0 Å². The molecule has 0 amide bonds. The van der Waals surface area contributed by atoms with Gasteiger partial charge in [-0.25, -0.2) is 0 Å². The lowest BCUT2D eigenvalue weighted by Crippen LogP contribution is -2.04. The smallest absolute Gasteiger partial charge is 0.198 e. The Morgan fingerprint density at radius 3 is 2.79 bits per heavy atom. The SMILES string of the molecule is CCCC(C)CC(=O)c1ccc(Cl)o1. The van der Waals surface area contributed by atoms with Gasteiger partial charge in [-0.2, -0.15) is 0 Å². The zero-order valence-electron chi connectivity index (χ0n) is 8.55. The lowest BCUT2D eigenvalue weighted by atomic mass is 9.99. The van der Waals surface area contributed by atoms with Gasteiger partial charge in [-0.3, -0.25) is 4.79 Å². The Morgan fingerprint density at radius 2 is 2.29 bits per heavy atom. The molecule has 1 aromatic rings. The van der Waals surface area contributed by atoms with Gasteiger partial charge in [-0.15, -0.1) is 0 Å². The number of ketones is 1. The maximum Gasteiger partial charge on any atom is 0.198 e. The number of carbonyl (C=O) groups excluding carboxylic acids is 1. The molecule has 0 aromatic carbocycles. The first-order valence-electron chi connectivity index (χ1n) is 4.92. The largest absolute Gasteiger partial charge is 0.442 e. The molecular formula is C11H15ClO2. The number of hydrogen-bond donors (Lipinski definition) is 0. The minimum absolute atomic E-state index is 0.0397. The Morgan fingerprint density at radius 1 is 1.57 bits per heavy atom. The molecule has 1 aromatic heterocycles. The van der Waals surface area contributed by atoms with E-state index in [1.165, 1.54) is 0 Å². The van der Waals surface area contributed by atoms with Crippen molar-refractivity contribution in [1.82, 2.24) is 0 Å². The van der Waals surface area contributed by atoms with Crippen molar-refractivity contribution < 1.29 is 9.21 Å². The molecule has 0 aliphatic heterocycles. The van der Waals surface area contributed by atoms with Crippen LogP contribution >= 0.6 is 11.6 Å². The summed E-state index contributed by atoms with van der Waals surface area (Å²) < 4.78 is 5.04.